The van der Waals surface area contributed by atoms with Gasteiger partial charge >= 0.3 is 12.2 Å². The summed E-state index contributed by atoms with van der Waals surface area (Å²) in [7, 11) is 2.51. The molecule has 2 unspecified atom stereocenters. The molecule has 14 rings (SSSR count). The molecule has 4 aliphatic heterocycles. The molecule has 10 aliphatic rings. The zero-order valence-electron chi connectivity index (χ0n) is 43.0. The van der Waals surface area contributed by atoms with Crippen molar-refractivity contribution >= 4 is 46.8 Å². The molecule has 0 aromatic heterocycles. The molecule has 6 aliphatic carbocycles. The zero-order valence-corrected chi connectivity index (χ0v) is 43.0. The minimum atomic E-state index is -1.12. The van der Waals surface area contributed by atoms with Gasteiger partial charge in [0.05, 0.1) is 61.3 Å². The van der Waals surface area contributed by atoms with Crippen LogP contribution in [0.25, 0.3) is 22.3 Å². The highest BCUT2D eigenvalue weighted by atomic mass is 16.5. The van der Waals surface area contributed by atoms with Gasteiger partial charge in [-0.05, 0) is 159 Å². The number of anilines is 4. The van der Waals surface area contributed by atoms with E-state index in [0.29, 0.717) is 11.8 Å². The number of nitrogens with one attached hydrogen (secondary N) is 6. The number of aliphatic hydroxyl groups excluding tert-OH is 2. The number of alkyl carbamates (subject to hydrolysis) is 2. The van der Waals surface area contributed by atoms with E-state index in [1.54, 1.807) is 0 Å². The number of benzene rings is 4. The first kappa shape index (κ1) is 49.7. The second-order valence-electron chi connectivity index (χ2n) is 22.1. The van der Waals surface area contributed by atoms with Gasteiger partial charge in [0.25, 0.3) is 0 Å². The van der Waals surface area contributed by atoms with E-state index in [4.69, 9.17) is 9.47 Å². The fraction of sp³-hybridized carbons (Fsp3) is 0.517. The van der Waals surface area contributed by atoms with Crippen LogP contribution in [0.2, 0.25) is 0 Å². The first-order valence-electron chi connectivity index (χ1n) is 27.1. The van der Waals surface area contributed by atoms with E-state index in [0.717, 1.165) is 124 Å². The van der Waals surface area contributed by atoms with E-state index in [9.17, 15) is 29.4 Å². The number of carbonyl (C=O) groups is 4. The third-order valence-electron chi connectivity index (χ3n) is 17.6. The van der Waals surface area contributed by atoms with E-state index < -0.39 is 36.5 Å². The molecule has 4 aromatic carbocycles. The first-order valence-corrected chi connectivity index (χ1v) is 27.1. The standard InChI is InChI=1S/C58H72N8O8/c1-31(67)51(63-57(71)73-3)55(69)65-47-11-7-5-9-39(47)29-49(65)53-59-43-23-21-37(27-45(43)61-53)41-25-33-13-17-35(41)19-15-34-14-18-36(20-16-33)42(26-34)38-22-24-44-46(28-38)62-54(60-44)50-30-40-10-6-8-12-48(40)66(50)56(70)52(32(2)68)64-58(72)74-4/h13-14,17-18,21-28,31-32,39-40,47-54,59-62,67-68H,5-12,15-16,19-20,29-30H2,1-4H3,(H,63,71)(H,64,72)/t31-,32-,39+,40+,47+,48+,49?,50?,51+,52+,53+,54+/m1/s1. The van der Waals surface area contributed by atoms with Gasteiger partial charge in [0.15, 0.2) is 0 Å². The average molecular weight is 1010 g/mol. The lowest BCUT2D eigenvalue weighted by molar-refractivity contribution is -0.140. The lowest BCUT2D eigenvalue weighted by atomic mass is 9.84. The number of hydrogen-bond acceptors (Lipinski definition) is 12. The molecule has 2 saturated heterocycles. The highest BCUT2D eigenvalue weighted by Crippen LogP contribution is 2.47. The van der Waals surface area contributed by atoms with Crippen molar-refractivity contribution in [3.8, 4) is 22.3 Å². The van der Waals surface area contributed by atoms with Crippen molar-refractivity contribution in [2.75, 3.05) is 35.5 Å². The van der Waals surface area contributed by atoms with Crippen molar-refractivity contribution in [2.24, 2.45) is 11.8 Å². The minimum absolute atomic E-state index is 0.0410. The van der Waals surface area contributed by atoms with Crippen LogP contribution in [0.15, 0.2) is 72.8 Å². The summed E-state index contributed by atoms with van der Waals surface area (Å²) in [6.45, 7) is 3.06. The molecule has 4 bridgehead atoms. The second-order valence-corrected chi connectivity index (χ2v) is 22.1. The maximum absolute atomic E-state index is 14.4. The van der Waals surface area contributed by atoms with Crippen LogP contribution in [-0.2, 0) is 44.7 Å². The third-order valence-corrected chi connectivity index (χ3v) is 17.6. The number of aryl methyl sites for hydroxylation is 4. The van der Waals surface area contributed by atoms with Gasteiger partial charge in [-0.15, -0.1) is 0 Å². The van der Waals surface area contributed by atoms with E-state index in [1.165, 1.54) is 61.4 Å². The molecular weight excluding hydrogens is 937 g/mol. The number of aliphatic hydroxyl groups is 2. The maximum Gasteiger partial charge on any atom is 0.407 e. The van der Waals surface area contributed by atoms with Gasteiger partial charge in [-0.2, -0.15) is 0 Å². The van der Waals surface area contributed by atoms with Crippen molar-refractivity contribution in [3.63, 3.8) is 0 Å². The Morgan fingerprint density at radius 3 is 1.34 bits per heavy atom. The van der Waals surface area contributed by atoms with Crippen LogP contribution in [0.3, 0.4) is 0 Å². The topological polar surface area (TPSA) is 206 Å². The number of nitrogens with zero attached hydrogens (tertiary/aromatic N) is 2. The minimum Gasteiger partial charge on any atom is -0.453 e. The SMILES string of the molecule is COC(=O)N[C@H](C(=O)N1C([C@H]2Nc3ccc(-c4cc5ccc4CCc4ccc(c(-c6ccc7c(c6)N[C@@H](C6C[C@@H]8CCCC[C@@H]8N6C(=O)[C@@H](NC(=O)OC)[C@@H](C)O)N7)c4)CC5)cc3N2)C[C@@H]2CCCC[C@@H]21)[C@@H](C)O. The Morgan fingerprint density at radius 2 is 0.932 bits per heavy atom. The van der Waals surface area contributed by atoms with Gasteiger partial charge < -0.3 is 61.4 Å². The van der Waals surface area contributed by atoms with Crippen molar-refractivity contribution in [1.29, 1.82) is 0 Å². The molecule has 4 heterocycles. The summed E-state index contributed by atoms with van der Waals surface area (Å²) >= 11 is 0. The summed E-state index contributed by atoms with van der Waals surface area (Å²) in [5.74, 6) is 0.139. The van der Waals surface area contributed by atoms with Crippen molar-refractivity contribution < 1.29 is 38.9 Å². The van der Waals surface area contributed by atoms with E-state index >= 15 is 0 Å². The van der Waals surface area contributed by atoms with Crippen LogP contribution in [0.4, 0.5) is 32.3 Å². The summed E-state index contributed by atoms with van der Waals surface area (Å²) < 4.78 is 9.66. The first-order chi connectivity index (χ1) is 35.8. The van der Waals surface area contributed by atoms with Crippen LogP contribution in [0, 0.1) is 11.8 Å². The highest BCUT2D eigenvalue weighted by molar-refractivity contribution is 5.89. The van der Waals surface area contributed by atoms with Crippen LogP contribution in [0.1, 0.15) is 100 Å². The monoisotopic (exact) mass is 1010 g/mol. The smallest absolute Gasteiger partial charge is 0.407 e. The van der Waals surface area contributed by atoms with Gasteiger partial charge in [0.1, 0.15) is 24.4 Å². The molecule has 4 amide bonds. The van der Waals surface area contributed by atoms with Gasteiger partial charge in [-0.25, -0.2) is 9.59 Å². The summed E-state index contributed by atoms with van der Waals surface area (Å²) in [6, 6.07) is 24.5. The molecule has 4 fully saturated rings. The molecule has 16 heteroatoms. The quantitative estimate of drug-likeness (QED) is 0.0768. The molecule has 74 heavy (non-hydrogen) atoms. The highest BCUT2D eigenvalue weighted by Gasteiger charge is 2.52. The Balaban J connectivity index is 0.804. The fourth-order valence-corrected chi connectivity index (χ4v) is 13.8. The predicted molar refractivity (Wildman–Crippen MR) is 285 cm³/mol. The average Bonchev–Trinajstić information content (AvgIpc) is 4.21. The van der Waals surface area contributed by atoms with Gasteiger partial charge in [0.2, 0.25) is 11.8 Å². The largest absolute Gasteiger partial charge is 0.453 e. The molecule has 392 valence electrons. The number of hydrogen-bond donors (Lipinski definition) is 8. The van der Waals surface area contributed by atoms with Crippen LogP contribution in [-0.4, -0.2) is 119 Å². The van der Waals surface area contributed by atoms with Crippen molar-refractivity contribution in [1.82, 2.24) is 20.4 Å². The molecule has 2 saturated carbocycles. The van der Waals surface area contributed by atoms with Gasteiger partial charge in [-0.1, -0.05) is 74.2 Å². The molecular formula is C58H72N8O8. The number of methoxy groups -OCH3 is 2. The zero-order chi connectivity index (χ0) is 51.4. The lowest BCUT2D eigenvalue weighted by Crippen LogP contribution is -2.59. The Morgan fingerprint density at radius 1 is 0.527 bits per heavy atom. The Bertz CT molecular complexity index is 2620. The number of fused-ring (bicyclic) bond motifs is 4. The molecule has 8 N–H and O–H groups in total. The number of amides is 4. The number of ether oxygens (including phenoxy) is 2. The molecule has 12 atom stereocenters. The Kier molecular flexibility index (Phi) is 13.9. The maximum atomic E-state index is 14.4. The Labute approximate surface area is 433 Å². The Hall–Kier alpha value is -6.52. The van der Waals surface area contributed by atoms with Crippen LogP contribution in [0.5, 0.6) is 0 Å². The van der Waals surface area contributed by atoms with E-state index in [1.807, 2.05) is 9.80 Å². The fourth-order valence-electron chi connectivity index (χ4n) is 13.8. The third kappa shape index (κ3) is 9.48. The summed E-state index contributed by atoms with van der Waals surface area (Å²) in [4.78, 5) is 57.3. The summed E-state index contributed by atoms with van der Waals surface area (Å²) in [5, 5.41) is 41.6. The summed E-state index contributed by atoms with van der Waals surface area (Å²) in [5.41, 5.74) is 13.7. The normalized spacial score (nSPS) is 26.9. The molecule has 4 aromatic rings. The predicted octanol–water partition coefficient (Wildman–Crippen LogP) is 7.76. The molecule has 0 radical (unpaired) electrons. The second kappa shape index (κ2) is 20.7. The molecule has 16 nitrogen and oxygen atoms in total. The van der Waals surface area contributed by atoms with E-state index in [2.05, 4.69) is 105 Å². The van der Waals surface area contributed by atoms with E-state index in [-0.39, 0.29) is 48.3 Å². The van der Waals surface area contributed by atoms with Crippen LogP contribution >= 0.6 is 0 Å². The number of rotatable bonds is 10. The van der Waals surface area contributed by atoms with Crippen molar-refractivity contribution in [2.45, 2.75) is 165 Å². The molecule has 0 spiro atoms. The lowest BCUT2D eigenvalue weighted by Gasteiger charge is -2.38. The number of carbonyl (C=O) groups excluding carboxylic acids is 4. The van der Waals surface area contributed by atoms with Crippen molar-refractivity contribution in [3.05, 3.63) is 95.1 Å². The summed E-state index contributed by atoms with van der Waals surface area (Å²) in [6.07, 6.45) is 9.16. The number of likely N-dealkylation sites (tertiary alicyclic amines) is 2. The van der Waals surface area contributed by atoms with Gasteiger partial charge in [-0.3, -0.25) is 9.59 Å². The van der Waals surface area contributed by atoms with Gasteiger partial charge in [0, 0.05) is 12.1 Å². The van der Waals surface area contributed by atoms with Crippen LogP contribution < -0.4 is 31.9 Å².